The van der Waals surface area contributed by atoms with Crippen molar-refractivity contribution in [3.8, 4) is 0 Å². The number of esters is 2. The summed E-state index contributed by atoms with van der Waals surface area (Å²) in [5.74, 6) is 0.277. The second kappa shape index (κ2) is 12.9. The van der Waals surface area contributed by atoms with Crippen molar-refractivity contribution in [3.63, 3.8) is 0 Å². The summed E-state index contributed by atoms with van der Waals surface area (Å²) in [6.07, 6.45) is 7.95. The Labute approximate surface area is 123 Å². The summed E-state index contributed by atoms with van der Waals surface area (Å²) in [6, 6.07) is 0. The van der Waals surface area contributed by atoms with Crippen LogP contribution in [0.3, 0.4) is 0 Å². The third kappa shape index (κ3) is 10.8. The van der Waals surface area contributed by atoms with Crippen molar-refractivity contribution in [1.82, 2.24) is 0 Å². The number of ether oxygens (including phenoxy) is 2. The van der Waals surface area contributed by atoms with Crippen LogP contribution in [0, 0.1) is 5.92 Å². The molecule has 0 aromatic rings. The molecule has 0 aliphatic rings. The first-order chi connectivity index (χ1) is 9.63. The van der Waals surface area contributed by atoms with E-state index in [0.29, 0.717) is 25.4 Å². The maximum Gasteiger partial charge on any atom is 0.305 e. The maximum atomic E-state index is 11.5. The number of hydrogen-bond donors (Lipinski definition) is 0. The van der Waals surface area contributed by atoms with E-state index < -0.39 is 0 Å². The molecule has 0 unspecified atom stereocenters. The Kier molecular flexibility index (Phi) is 12.3. The number of carbonyl (C=O) groups is 2. The van der Waals surface area contributed by atoms with E-state index in [1.807, 2.05) is 0 Å². The zero-order valence-corrected chi connectivity index (χ0v) is 13.3. The molecule has 20 heavy (non-hydrogen) atoms. The van der Waals surface area contributed by atoms with Crippen LogP contribution in [-0.2, 0) is 19.1 Å². The molecular weight excluding hydrogens is 256 g/mol. The quantitative estimate of drug-likeness (QED) is 0.404. The van der Waals surface area contributed by atoms with Crippen molar-refractivity contribution in [2.75, 3.05) is 13.7 Å². The van der Waals surface area contributed by atoms with Crippen molar-refractivity contribution in [2.45, 2.75) is 71.6 Å². The van der Waals surface area contributed by atoms with E-state index in [0.717, 1.165) is 44.9 Å². The van der Waals surface area contributed by atoms with E-state index >= 15 is 0 Å². The van der Waals surface area contributed by atoms with Crippen LogP contribution in [0.4, 0.5) is 0 Å². The van der Waals surface area contributed by atoms with Crippen molar-refractivity contribution in [1.29, 1.82) is 0 Å². The second-order valence-corrected chi connectivity index (χ2v) is 5.21. The van der Waals surface area contributed by atoms with E-state index in [1.54, 1.807) is 0 Å². The molecule has 0 heterocycles. The highest BCUT2D eigenvalue weighted by molar-refractivity contribution is 5.69. The average molecular weight is 286 g/mol. The summed E-state index contributed by atoms with van der Waals surface area (Å²) in [5, 5.41) is 0. The van der Waals surface area contributed by atoms with Gasteiger partial charge in [-0.3, -0.25) is 9.59 Å². The highest BCUT2D eigenvalue weighted by atomic mass is 16.5. The second-order valence-electron chi connectivity index (χ2n) is 5.21. The molecule has 0 rings (SSSR count). The molecule has 0 saturated carbocycles. The third-order valence-electron chi connectivity index (χ3n) is 3.62. The van der Waals surface area contributed by atoms with Crippen LogP contribution in [0.1, 0.15) is 71.6 Å². The van der Waals surface area contributed by atoms with E-state index in [9.17, 15) is 9.59 Å². The first-order valence-corrected chi connectivity index (χ1v) is 7.86. The molecule has 0 amide bonds. The van der Waals surface area contributed by atoms with Gasteiger partial charge in [0.25, 0.3) is 0 Å². The highest BCUT2D eigenvalue weighted by Gasteiger charge is 2.08. The largest absolute Gasteiger partial charge is 0.469 e. The smallest absolute Gasteiger partial charge is 0.305 e. The standard InChI is InChI=1S/C16H30O4/c1-4-14(5-2)13-20-16(18)12-10-8-6-7-9-11-15(17)19-3/h14H,4-13H2,1-3H3. The third-order valence-corrected chi connectivity index (χ3v) is 3.62. The Morgan fingerprint density at radius 1 is 0.850 bits per heavy atom. The van der Waals surface area contributed by atoms with Crippen LogP contribution in [-0.4, -0.2) is 25.7 Å². The normalized spacial score (nSPS) is 10.6. The van der Waals surface area contributed by atoms with Crippen LogP contribution in [0.5, 0.6) is 0 Å². The van der Waals surface area contributed by atoms with Crippen molar-refractivity contribution in [2.24, 2.45) is 5.92 Å². The first-order valence-electron chi connectivity index (χ1n) is 7.86. The fraction of sp³-hybridized carbons (Fsp3) is 0.875. The molecule has 0 N–H and O–H groups in total. The van der Waals surface area contributed by atoms with Crippen molar-refractivity contribution >= 4 is 11.9 Å². The van der Waals surface area contributed by atoms with Gasteiger partial charge in [-0.05, 0) is 18.8 Å². The summed E-state index contributed by atoms with van der Waals surface area (Å²) < 4.78 is 9.83. The van der Waals surface area contributed by atoms with Gasteiger partial charge in [-0.15, -0.1) is 0 Å². The number of unbranched alkanes of at least 4 members (excludes halogenated alkanes) is 4. The molecule has 4 heteroatoms. The van der Waals surface area contributed by atoms with Gasteiger partial charge in [-0.1, -0.05) is 46.0 Å². The fourth-order valence-corrected chi connectivity index (χ4v) is 1.98. The lowest BCUT2D eigenvalue weighted by atomic mass is 10.1. The van der Waals surface area contributed by atoms with Gasteiger partial charge in [0.1, 0.15) is 0 Å². The van der Waals surface area contributed by atoms with E-state index in [4.69, 9.17) is 4.74 Å². The molecule has 0 spiro atoms. The summed E-state index contributed by atoms with van der Waals surface area (Å²) in [6.45, 7) is 4.80. The molecule has 0 fully saturated rings. The zero-order valence-electron chi connectivity index (χ0n) is 13.3. The van der Waals surface area contributed by atoms with Crippen LogP contribution < -0.4 is 0 Å². The molecule has 0 radical (unpaired) electrons. The van der Waals surface area contributed by atoms with Crippen molar-refractivity contribution in [3.05, 3.63) is 0 Å². The molecule has 0 saturated heterocycles. The summed E-state index contributed by atoms with van der Waals surface area (Å²) in [7, 11) is 1.41. The lowest BCUT2D eigenvalue weighted by Crippen LogP contribution is -2.12. The van der Waals surface area contributed by atoms with Crippen LogP contribution in [0.25, 0.3) is 0 Å². The maximum absolute atomic E-state index is 11.5. The average Bonchev–Trinajstić information content (AvgIpc) is 2.46. The fourth-order valence-electron chi connectivity index (χ4n) is 1.98. The Balaban J connectivity index is 3.37. The van der Waals surface area contributed by atoms with Gasteiger partial charge in [0, 0.05) is 12.8 Å². The summed E-state index contributed by atoms with van der Waals surface area (Å²) >= 11 is 0. The lowest BCUT2D eigenvalue weighted by Gasteiger charge is -2.12. The van der Waals surface area contributed by atoms with Gasteiger partial charge in [-0.2, -0.15) is 0 Å². The highest BCUT2D eigenvalue weighted by Crippen LogP contribution is 2.10. The topological polar surface area (TPSA) is 52.6 Å². The molecule has 0 aliphatic carbocycles. The molecule has 118 valence electrons. The van der Waals surface area contributed by atoms with Gasteiger partial charge in [0.05, 0.1) is 13.7 Å². The molecular formula is C16H30O4. The summed E-state index contributed by atoms with van der Waals surface area (Å²) in [5.41, 5.74) is 0. The minimum Gasteiger partial charge on any atom is -0.469 e. The molecule has 0 atom stereocenters. The van der Waals surface area contributed by atoms with Gasteiger partial charge in [-0.25, -0.2) is 0 Å². The minimum atomic E-state index is -0.144. The number of hydrogen-bond acceptors (Lipinski definition) is 4. The van der Waals surface area contributed by atoms with Gasteiger partial charge < -0.3 is 9.47 Å². The van der Waals surface area contributed by atoms with E-state index in [2.05, 4.69) is 18.6 Å². The SMILES string of the molecule is CCC(CC)COC(=O)CCCCCCCC(=O)OC. The van der Waals surface area contributed by atoms with E-state index in [-0.39, 0.29) is 11.9 Å². The Hall–Kier alpha value is -1.06. The van der Waals surface area contributed by atoms with Gasteiger partial charge in [0.2, 0.25) is 0 Å². The predicted molar refractivity (Wildman–Crippen MR) is 79.4 cm³/mol. The molecule has 0 aliphatic heterocycles. The Bertz CT molecular complexity index is 259. The van der Waals surface area contributed by atoms with Crippen LogP contribution in [0.15, 0.2) is 0 Å². The predicted octanol–water partition coefficient (Wildman–Crippen LogP) is 3.87. The number of rotatable bonds is 12. The summed E-state index contributed by atoms with van der Waals surface area (Å²) in [4.78, 5) is 22.4. The first kappa shape index (κ1) is 18.9. The van der Waals surface area contributed by atoms with Crippen LogP contribution in [0.2, 0.25) is 0 Å². The van der Waals surface area contributed by atoms with Crippen molar-refractivity contribution < 1.29 is 19.1 Å². The molecule has 0 aromatic heterocycles. The van der Waals surface area contributed by atoms with Gasteiger partial charge >= 0.3 is 11.9 Å². The Morgan fingerprint density at radius 3 is 1.85 bits per heavy atom. The van der Waals surface area contributed by atoms with Crippen LogP contribution >= 0.6 is 0 Å². The zero-order chi connectivity index (χ0) is 15.2. The van der Waals surface area contributed by atoms with Gasteiger partial charge in [0.15, 0.2) is 0 Å². The number of carbonyl (C=O) groups excluding carboxylic acids is 2. The minimum absolute atomic E-state index is 0.0774. The molecule has 4 nitrogen and oxygen atoms in total. The van der Waals surface area contributed by atoms with E-state index in [1.165, 1.54) is 7.11 Å². The lowest BCUT2D eigenvalue weighted by molar-refractivity contribution is -0.145. The molecule has 0 bridgehead atoms. The molecule has 0 aromatic carbocycles. The number of methoxy groups -OCH3 is 1. The Morgan fingerprint density at radius 2 is 1.35 bits per heavy atom. The monoisotopic (exact) mass is 286 g/mol.